The number of aryl methyl sites for hydroxylation is 2. The zero-order valence-electron chi connectivity index (χ0n) is 31.2. The Balaban J connectivity index is 2.04. The second kappa shape index (κ2) is 17.8. The smallest absolute Gasteiger partial charge is 0.307 e. The minimum absolute atomic E-state index is 0.000500. The molecule has 8 bridgehead atoms. The third-order valence-corrected chi connectivity index (χ3v) is 9.90. The summed E-state index contributed by atoms with van der Waals surface area (Å²) >= 11 is 0. The molecule has 0 aromatic carbocycles. The standard InChI is InChI=1S/C40H40N4O14/c1-18-19(2-7-34(45)46)27-15-32-24(12-39(55)56)23(6-11-38(53)54)31(44-32)17-33-25(13-40(57)58)22(5-10-37(51)52)30(43-33)16-29-21(4-9-36(49)50)20(3-8-35(47)48)28(42-29)14-26(18)41-27/h14-17,43-44H,2-13H2,1H3,(H,45,46)(H,47,48)(H,49,50)(H,51,52)(H,53,54)(H,55,56)(H,57,58). The first-order valence-corrected chi connectivity index (χ1v) is 18.1. The van der Waals surface area contributed by atoms with Crippen LogP contribution in [-0.4, -0.2) is 97.5 Å². The molecule has 0 fully saturated rings. The van der Waals surface area contributed by atoms with Crippen LogP contribution in [0.2, 0.25) is 0 Å². The summed E-state index contributed by atoms with van der Waals surface area (Å²) in [5, 5.41) is 68.2. The van der Waals surface area contributed by atoms with Crippen LogP contribution in [0.5, 0.6) is 0 Å². The third kappa shape index (κ3) is 10.00. The van der Waals surface area contributed by atoms with Crippen molar-refractivity contribution >= 4 is 86.1 Å². The second-order valence-corrected chi connectivity index (χ2v) is 13.8. The fourth-order valence-electron chi connectivity index (χ4n) is 7.29. The van der Waals surface area contributed by atoms with Gasteiger partial charge >= 0.3 is 41.8 Å². The largest absolute Gasteiger partial charge is 0.481 e. The zero-order valence-corrected chi connectivity index (χ0v) is 31.2. The normalized spacial score (nSPS) is 12.5. The Labute approximate surface area is 328 Å². The lowest BCUT2D eigenvalue weighted by atomic mass is 9.95. The Morgan fingerprint density at radius 3 is 1.17 bits per heavy atom. The quantitative estimate of drug-likeness (QED) is 0.0767. The lowest BCUT2D eigenvalue weighted by molar-refractivity contribution is -0.138. The van der Waals surface area contributed by atoms with Crippen LogP contribution < -0.4 is 0 Å². The van der Waals surface area contributed by atoms with Crippen molar-refractivity contribution in [3.8, 4) is 0 Å². The first kappa shape index (κ1) is 42.0. The molecule has 18 heteroatoms. The van der Waals surface area contributed by atoms with Gasteiger partial charge in [-0.3, -0.25) is 33.6 Å². The number of rotatable bonds is 19. The van der Waals surface area contributed by atoms with E-state index in [1.165, 1.54) is 18.2 Å². The molecule has 0 unspecified atom stereocenters. The van der Waals surface area contributed by atoms with Gasteiger partial charge in [-0.2, -0.15) is 0 Å². The van der Waals surface area contributed by atoms with Gasteiger partial charge in [-0.05, 0) is 108 Å². The molecule has 18 nitrogen and oxygen atoms in total. The number of hydrogen-bond donors (Lipinski definition) is 9. The van der Waals surface area contributed by atoms with Gasteiger partial charge in [0.05, 0.1) is 35.6 Å². The molecule has 2 aliphatic rings. The van der Waals surface area contributed by atoms with E-state index in [0.717, 1.165) is 0 Å². The average Bonchev–Trinajstić information content (AvgIpc) is 3.80. The first-order valence-electron chi connectivity index (χ1n) is 18.1. The molecule has 0 radical (unpaired) electrons. The number of H-pyrrole nitrogens is 2. The number of carbonyl (C=O) groups is 7. The molecule has 0 aliphatic carbocycles. The van der Waals surface area contributed by atoms with Crippen molar-refractivity contribution in [2.24, 2.45) is 0 Å². The van der Waals surface area contributed by atoms with Crippen LogP contribution in [0, 0.1) is 0 Å². The maximum atomic E-state index is 12.3. The number of aromatic amines is 2. The molecular weight excluding hydrogens is 760 g/mol. The van der Waals surface area contributed by atoms with E-state index in [9.17, 15) is 69.3 Å². The highest BCUT2D eigenvalue weighted by Gasteiger charge is 2.26. The maximum Gasteiger partial charge on any atom is 0.307 e. The molecule has 3 aromatic heterocycles. The molecule has 304 valence electrons. The minimum Gasteiger partial charge on any atom is -0.481 e. The van der Waals surface area contributed by atoms with Gasteiger partial charge in [0.25, 0.3) is 0 Å². The average molecular weight is 801 g/mol. The zero-order chi connectivity index (χ0) is 42.4. The van der Waals surface area contributed by atoms with Gasteiger partial charge < -0.3 is 45.7 Å². The molecule has 0 saturated heterocycles. The number of allylic oxidation sites excluding steroid dienone is 4. The van der Waals surface area contributed by atoms with Crippen LogP contribution in [-0.2, 0) is 59.2 Å². The predicted molar refractivity (Wildman–Crippen MR) is 206 cm³/mol. The van der Waals surface area contributed by atoms with E-state index in [2.05, 4.69) is 9.97 Å². The van der Waals surface area contributed by atoms with Crippen LogP contribution in [0.1, 0.15) is 103 Å². The van der Waals surface area contributed by atoms with Gasteiger partial charge in [0, 0.05) is 54.2 Å². The highest BCUT2D eigenvalue weighted by atomic mass is 16.4. The number of carboxylic acids is 7. The Bertz CT molecular complexity index is 2490. The van der Waals surface area contributed by atoms with Gasteiger partial charge in [0.1, 0.15) is 0 Å². The Morgan fingerprint density at radius 1 is 0.414 bits per heavy atom. The highest BCUT2D eigenvalue weighted by Crippen LogP contribution is 2.40. The van der Waals surface area contributed by atoms with Crippen LogP contribution in [0.3, 0.4) is 0 Å². The number of nitrogens with one attached hydrogen (secondary N) is 2. The van der Waals surface area contributed by atoms with Gasteiger partial charge in [0.15, 0.2) is 0 Å². The Hall–Kier alpha value is -7.11. The summed E-state index contributed by atoms with van der Waals surface area (Å²) in [6, 6.07) is 6.07. The van der Waals surface area contributed by atoms with Gasteiger partial charge in [-0.25, -0.2) is 9.97 Å². The third-order valence-electron chi connectivity index (χ3n) is 9.90. The highest BCUT2D eigenvalue weighted by molar-refractivity contribution is 5.98. The Morgan fingerprint density at radius 2 is 0.741 bits per heavy atom. The lowest BCUT2D eigenvalue weighted by Gasteiger charge is -2.07. The van der Waals surface area contributed by atoms with E-state index in [-0.39, 0.29) is 113 Å². The lowest BCUT2D eigenvalue weighted by Crippen LogP contribution is -2.05. The van der Waals surface area contributed by atoms with Crippen LogP contribution in [0.4, 0.5) is 0 Å². The second-order valence-electron chi connectivity index (χ2n) is 13.8. The van der Waals surface area contributed by atoms with Crippen molar-refractivity contribution < 1.29 is 69.3 Å². The molecular formula is C40H40N4O14. The minimum atomic E-state index is -1.27. The molecule has 9 N–H and O–H groups in total. The van der Waals surface area contributed by atoms with Crippen molar-refractivity contribution in [1.82, 2.24) is 19.9 Å². The number of carboxylic acid groups (broad SMARTS) is 7. The number of aromatic nitrogens is 4. The monoisotopic (exact) mass is 800 g/mol. The number of hydrogen-bond acceptors (Lipinski definition) is 9. The SMILES string of the molecule is CC1=C(CCC(=O)O)c2cc3[nH]c(cc4[nH]c(cc5nc(cc1n2)C(CCC(=O)O)=C5CCC(=O)O)c(CCC(=O)O)c4CC(=O)O)c(CCC(=O)O)c3CC(=O)O. The van der Waals surface area contributed by atoms with Crippen LogP contribution in [0.25, 0.3) is 44.4 Å². The van der Waals surface area contributed by atoms with E-state index < -0.39 is 67.5 Å². The van der Waals surface area contributed by atoms with Crippen molar-refractivity contribution in [2.75, 3.05) is 0 Å². The molecule has 2 aliphatic heterocycles. The van der Waals surface area contributed by atoms with Gasteiger partial charge in [0.2, 0.25) is 0 Å². The van der Waals surface area contributed by atoms with E-state index in [0.29, 0.717) is 28.0 Å². The summed E-state index contributed by atoms with van der Waals surface area (Å²) in [4.78, 5) is 99.6. The van der Waals surface area contributed by atoms with Crippen molar-refractivity contribution in [1.29, 1.82) is 0 Å². The summed E-state index contributed by atoms with van der Waals surface area (Å²) in [7, 11) is 0. The van der Waals surface area contributed by atoms with E-state index in [4.69, 9.17) is 9.97 Å². The molecule has 0 amide bonds. The molecule has 0 atom stereocenters. The van der Waals surface area contributed by atoms with Gasteiger partial charge in [-0.1, -0.05) is 0 Å². The van der Waals surface area contributed by atoms with Crippen molar-refractivity contribution in [3.63, 3.8) is 0 Å². The fraction of sp³-hybridized carbons (Fsp3) is 0.325. The first-order chi connectivity index (χ1) is 27.4. The molecule has 5 heterocycles. The van der Waals surface area contributed by atoms with E-state index >= 15 is 0 Å². The topological polar surface area (TPSA) is 318 Å². The number of aliphatic carboxylic acids is 7. The number of fused-ring (bicyclic) bond motifs is 8. The van der Waals surface area contributed by atoms with Crippen molar-refractivity contribution in [3.05, 3.63) is 69.3 Å². The van der Waals surface area contributed by atoms with Crippen LogP contribution >= 0.6 is 0 Å². The molecule has 0 saturated carbocycles. The predicted octanol–water partition coefficient (Wildman–Crippen LogP) is 5.04. The van der Waals surface area contributed by atoms with E-state index in [1.807, 2.05) is 0 Å². The summed E-state index contributed by atoms with van der Waals surface area (Å²) in [6.07, 6.45) is -3.53. The van der Waals surface area contributed by atoms with E-state index in [1.54, 1.807) is 13.0 Å². The van der Waals surface area contributed by atoms with Gasteiger partial charge in [-0.15, -0.1) is 0 Å². The van der Waals surface area contributed by atoms with Crippen LogP contribution in [0.15, 0.2) is 24.3 Å². The summed E-state index contributed by atoms with van der Waals surface area (Å²) < 4.78 is 0. The molecule has 3 aromatic rings. The number of nitrogens with zero attached hydrogens (tertiary/aromatic N) is 2. The van der Waals surface area contributed by atoms with Crippen molar-refractivity contribution in [2.45, 2.75) is 84.0 Å². The molecule has 58 heavy (non-hydrogen) atoms. The summed E-state index contributed by atoms with van der Waals surface area (Å²) in [5.74, 6) is -8.27. The maximum absolute atomic E-state index is 12.3. The Kier molecular flexibility index (Phi) is 12.9. The molecule has 0 spiro atoms. The summed E-state index contributed by atoms with van der Waals surface area (Å²) in [5.41, 5.74) is 4.53. The summed E-state index contributed by atoms with van der Waals surface area (Å²) in [6.45, 7) is 1.70. The fourth-order valence-corrected chi connectivity index (χ4v) is 7.29. The molecule has 5 rings (SSSR count).